The van der Waals surface area contributed by atoms with E-state index in [1.165, 1.54) is 103 Å². The van der Waals surface area contributed by atoms with Gasteiger partial charge in [0.05, 0.1) is 104 Å². The Morgan fingerprint density at radius 3 is 0.756 bits per heavy atom. The number of ether oxygens (including phenoxy) is 2. The number of piperazine rings is 1. The molecule has 3 aliphatic heterocycles. The number of methoxy groups -OCH3 is 2. The van der Waals surface area contributed by atoms with Gasteiger partial charge in [0.15, 0.2) is 58.7 Å². The van der Waals surface area contributed by atoms with Gasteiger partial charge in [-0.15, -0.1) is 0 Å². The van der Waals surface area contributed by atoms with Crippen LogP contribution in [0, 0.1) is 0 Å². The summed E-state index contributed by atoms with van der Waals surface area (Å²) in [6, 6.07) is 145. The number of quaternary nitrogens is 1. The van der Waals surface area contributed by atoms with E-state index in [9.17, 15) is 0 Å². The Morgan fingerprint density at radius 2 is 0.569 bits per heavy atom. The third-order valence-electron chi connectivity index (χ3n) is 20.1. The lowest BCUT2D eigenvalue weighted by Gasteiger charge is -2.39. The van der Waals surface area contributed by atoms with Gasteiger partial charge in [-0.25, -0.2) is 0 Å². The first-order valence-corrected chi connectivity index (χ1v) is 46.7. The fraction of sp³-hybridized carbons (Fsp3) is 0.194. The molecule has 0 aliphatic carbocycles. The van der Waals surface area contributed by atoms with Crippen LogP contribution < -0.4 is 36.7 Å². The van der Waals surface area contributed by atoms with Crippen LogP contribution in [0.2, 0.25) is 0 Å². The Morgan fingerprint density at radius 1 is 0.341 bits per heavy atom. The number of hydrogen-bond acceptors (Lipinski definition) is 9. The first-order chi connectivity index (χ1) is 59.9. The van der Waals surface area contributed by atoms with Crippen molar-refractivity contribution in [3.05, 3.63) is 430 Å². The van der Waals surface area contributed by atoms with E-state index < -0.39 is 0 Å². The van der Waals surface area contributed by atoms with E-state index in [-0.39, 0.29) is 73.8 Å². The Hall–Kier alpha value is -10.5. The number of likely N-dealkylation sites (tertiary alicyclic amines) is 1. The summed E-state index contributed by atoms with van der Waals surface area (Å²) in [6.07, 6.45) is 7.56. The molecule has 3 aliphatic rings. The minimum Gasteiger partial charge on any atom is -1.00 e. The Labute approximate surface area is 756 Å². The van der Waals surface area contributed by atoms with Crippen LogP contribution in [0.5, 0.6) is 11.5 Å². The first kappa shape index (κ1) is 96.4. The minimum absolute atomic E-state index is 0. The fourth-order valence-electron chi connectivity index (χ4n) is 13.6. The number of aliphatic hydroxyl groups excluding tert-OH is 2. The van der Waals surface area contributed by atoms with E-state index in [1.54, 1.807) is 14.2 Å². The number of rotatable bonds is 21. The molecule has 123 heavy (non-hydrogen) atoms. The van der Waals surface area contributed by atoms with Crippen LogP contribution in [0.4, 0.5) is 5.69 Å². The smallest absolute Gasteiger partial charge is 0.166 e. The minimum atomic E-state index is -0.0146. The van der Waals surface area contributed by atoms with Crippen LogP contribution >= 0.6 is 0 Å². The molecule has 2 saturated heterocycles. The summed E-state index contributed by atoms with van der Waals surface area (Å²) in [5, 5.41) is 21.0. The van der Waals surface area contributed by atoms with Crippen molar-refractivity contribution < 1.29 is 41.2 Å². The van der Waals surface area contributed by atoms with E-state index in [1.807, 2.05) is 59.6 Å². The van der Waals surface area contributed by atoms with Crippen molar-refractivity contribution in [1.82, 2.24) is 15.1 Å². The molecule has 634 valence electrons. The number of likely N-dealkylation sites (N-methyl/N-ethyl adjacent to an activating group) is 1. The van der Waals surface area contributed by atoms with Gasteiger partial charge in [-0.05, 0) is 214 Å². The predicted molar refractivity (Wildman–Crippen MR) is 518 cm³/mol. The van der Waals surface area contributed by atoms with Crippen molar-refractivity contribution in [3.8, 4) is 11.5 Å². The summed E-state index contributed by atoms with van der Waals surface area (Å²) >= 11 is 0. The zero-order valence-corrected chi connectivity index (χ0v) is 77.0. The molecule has 15 heteroatoms. The average Bonchev–Trinajstić information content (AvgIpc) is 1.59. The van der Waals surface area contributed by atoms with Crippen molar-refractivity contribution >= 4 is 55.0 Å². The number of anilines is 1. The second-order valence-corrected chi connectivity index (χ2v) is 37.8. The molecule has 17 rings (SSSR count). The van der Waals surface area contributed by atoms with Gasteiger partial charge in [0.2, 0.25) is 0 Å². The maximum Gasteiger partial charge on any atom is 0.166 e. The summed E-state index contributed by atoms with van der Waals surface area (Å²) in [6.45, 7) is 8.49. The number of halogens is 1. The van der Waals surface area contributed by atoms with Crippen molar-refractivity contribution in [2.45, 2.75) is 84.1 Å². The molecule has 0 aromatic heterocycles. The number of benzene rings is 14. The second-order valence-electron chi connectivity index (χ2n) is 29.7. The SMILES string of the molecule is CN1CCC([N+](C)(C)C)CC1.CN1CCNCC1.COc1ccc(C2=NC=CC2)cc1.COc1ccc(N(CCO)CCO)cc1.[Br-].c1ccc([S+](c2ccccc2)c2ccccc2)cc1.c1ccc([S+](c2ccccc2)c2ccccc2)cc1.c1ccc([S+](c2ccccc2)c2ccccc2)cc1.c1ccc([S+](c2ccccc2)c2ccccc2)cc1. The molecule has 0 bridgehead atoms. The lowest BCUT2D eigenvalue weighted by Crippen LogP contribution is -3.00. The Balaban J connectivity index is 0.000000161. The lowest BCUT2D eigenvalue weighted by molar-refractivity contribution is -0.897. The summed E-state index contributed by atoms with van der Waals surface area (Å²) < 4.78 is 11.3. The number of nitrogens with one attached hydrogen (secondary N) is 1. The molecular formula is C108H121BrN6O4S4+4. The zero-order chi connectivity index (χ0) is 85.5. The van der Waals surface area contributed by atoms with Crippen LogP contribution in [0.15, 0.2) is 489 Å². The van der Waals surface area contributed by atoms with Crippen molar-refractivity contribution in [1.29, 1.82) is 0 Å². The highest BCUT2D eigenvalue weighted by Crippen LogP contribution is 2.35. The topological polar surface area (TPSA) is 93.0 Å². The molecule has 2 fully saturated rings. The van der Waals surface area contributed by atoms with Crippen molar-refractivity contribution in [2.75, 3.05) is 120 Å². The van der Waals surface area contributed by atoms with Gasteiger partial charge in [-0.2, -0.15) is 0 Å². The number of nitrogens with zero attached hydrogens (tertiary/aromatic N) is 5. The Bertz CT molecular complexity index is 4270. The molecule has 0 spiro atoms. The van der Waals surface area contributed by atoms with Gasteiger partial charge in [0.1, 0.15) is 11.5 Å². The van der Waals surface area contributed by atoms with Gasteiger partial charge in [0, 0.05) is 83.5 Å². The molecule has 14 aromatic rings. The molecule has 0 atom stereocenters. The summed E-state index contributed by atoms with van der Waals surface area (Å²) in [7, 11) is 14.5. The summed E-state index contributed by atoms with van der Waals surface area (Å²) in [4.78, 5) is 27.3. The van der Waals surface area contributed by atoms with E-state index in [0.29, 0.717) is 13.1 Å². The standard InChI is InChI=1S/4C18H15S.C11H17NO3.C11H11NO.C9H21N2.C5H12N2.BrH/c4*1-4-10-16(11-5-1)19(17-12-6-2-7-13-17)18-14-8-3-9-15-18;1-15-11-4-2-10(3-5-11)12(6-8-13)7-9-14;1-13-10-6-4-9(5-7-10)11-3-2-8-12-11;1-10-7-5-9(6-8-10)11(2,3)4;1-7-4-2-6-3-5-7;/h4*1-15H;2-5,13-14H,6-9H2,1H3;2,4-8H,3H2,1H3;9H,5-8H2,1-4H3;6H,2-5H2,1H3;1H/q4*+1;;;+1;;/p-1. The first-order valence-electron chi connectivity index (χ1n) is 41.8. The third kappa shape index (κ3) is 32.6. The molecule has 0 amide bonds. The molecule has 3 heterocycles. The maximum absolute atomic E-state index is 8.88. The summed E-state index contributed by atoms with van der Waals surface area (Å²) in [5.41, 5.74) is 3.27. The van der Waals surface area contributed by atoms with Crippen LogP contribution in [0.1, 0.15) is 24.8 Å². The monoisotopic (exact) mass is 1770 g/mol. The Kier molecular flexibility index (Phi) is 43.0. The molecule has 10 nitrogen and oxygen atoms in total. The molecule has 0 unspecified atom stereocenters. The zero-order valence-electron chi connectivity index (χ0n) is 72.1. The quantitative estimate of drug-likeness (QED) is 0.0484. The highest BCUT2D eigenvalue weighted by molar-refractivity contribution is 7.98. The highest BCUT2D eigenvalue weighted by Gasteiger charge is 2.32. The van der Waals surface area contributed by atoms with Gasteiger partial charge in [-0.1, -0.05) is 224 Å². The molecular weight excluding hydrogens is 1650 g/mol. The lowest BCUT2D eigenvalue weighted by atomic mass is 10.0. The van der Waals surface area contributed by atoms with Gasteiger partial charge in [0.25, 0.3) is 0 Å². The summed E-state index contributed by atoms with van der Waals surface area (Å²) in [5.74, 6) is 1.68. The largest absolute Gasteiger partial charge is 1.00 e. The molecule has 14 aromatic carbocycles. The van der Waals surface area contributed by atoms with E-state index in [0.717, 1.165) is 52.9 Å². The fourth-order valence-corrected chi connectivity index (χ4v) is 22.0. The average molecular weight is 1780 g/mol. The number of piperidine rings is 1. The van der Waals surface area contributed by atoms with Crippen LogP contribution in [-0.2, 0) is 43.6 Å². The van der Waals surface area contributed by atoms with E-state index in [4.69, 9.17) is 19.7 Å². The van der Waals surface area contributed by atoms with Gasteiger partial charge < -0.3 is 61.2 Å². The molecule has 0 radical (unpaired) electrons. The van der Waals surface area contributed by atoms with Gasteiger partial charge >= 0.3 is 0 Å². The number of allylic oxidation sites excluding steroid dienone is 1. The second kappa shape index (κ2) is 54.9. The van der Waals surface area contributed by atoms with Gasteiger partial charge in [-0.3, -0.25) is 4.99 Å². The number of aliphatic imine (C=N–C) groups is 1. The third-order valence-corrected chi connectivity index (χ3v) is 29.0. The number of hydrogen-bond donors (Lipinski definition) is 3. The van der Waals surface area contributed by atoms with Crippen LogP contribution in [0.25, 0.3) is 0 Å². The highest BCUT2D eigenvalue weighted by atomic mass is 79.9. The van der Waals surface area contributed by atoms with E-state index in [2.05, 4.69) is 425 Å². The van der Waals surface area contributed by atoms with Crippen molar-refractivity contribution in [3.63, 3.8) is 0 Å². The van der Waals surface area contributed by atoms with Crippen LogP contribution in [0.3, 0.4) is 0 Å². The molecule has 3 N–H and O–H groups in total. The molecule has 0 saturated carbocycles. The van der Waals surface area contributed by atoms with E-state index >= 15 is 0 Å². The number of aliphatic hydroxyl groups is 2. The van der Waals surface area contributed by atoms with Crippen LogP contribution in [-0.4, -0.2) is 151 Å². The van der Waals surface area contributed by atoms with Crippen molar-refractivity contribution in [2.24, 2.45) is 4.99 Å². The normalized spacial score (nSPS) is 12.9. The predicted octanol–water partition coefficient (Wildman–Crippen LogP) is 19.3. The maximum atomic E-state index is 8.88.